The lowest BCUT2D eigenvalue weighted by molar-refractivity contribution is 0.0879. The molecule has 3 aromatic rings. The summed E-state index contributed by atoms with van der Waals surface area (Å²) in [6, 6.07) is 12.9. The van der Waals surface area contributed by atoms with Crippen LogP contribution in [0, 0.1) is 0 Å². The first kappa shape index (κ1) is 12.0. The van der Waals surface area contributed by atoms with Crippen molar-refractivity contribution >= 4 is 44.2 Å². The fraction of sp³-hybridized carbons (Fsp3) is 0. The maximum absolute atomic E-state index is 11.6. The summed E-state index contributed by atoms with van der Waals surface area (Å²) >= 11 is 1.54. The average Bonchev–Trinajstić information content (AvgIpc) is 3.00. The first-order valence-electron chi connectivity index (χ1n) is 6.33. The Morgan fingerprint density at radius 1 is 1.00 bits per heavy atom. The number of benzene rings is 2. The number of nitrogens with zero attached hydrogens (tertiary/aromatic N) is 1. The van der Waals surface area contributed by atoms with Crippen molar-refractivity contribution in [2.45, 2.75) is 0 Å². The molecule has 0 aliphatic carbocycles. The third-order valence-electron chi connectivity index (χ3n) is 3.28. The lowest BCUT2D eigenvalue weighted by atomic mass is 10.1. The Morgan fingerprint density at radius 3 is 2.67 bits per heavy atom. The Hall–Kier alpha value is -2.73. The summed E-state index contributed by atoms with van der Waals surface area (Å²) in [6.45, 7) is 0. The van der Waals surface area contributed by atoms with Crippen LogP contribution < -0.4 is 10.6 Å². The Bertz CT molecular complexity index is 868. The topological polar surface area (TPSA) is 71.1 Å². The van der Waals surface area contributed by atoms with Gasteiger partial charge in [-0.2, -0.15) is 0 Å². The summed E-state index contributed by atoms with van der Waals surface area (Å²) in [6.07, 6.45) is 0. The largest absolute Gasteiger partial charge is 0.331 e. The van der Waals surface area contributed by atoms with Gasteiger partial charge in [-0.05, 0) is 30.3 Å². The van der Waals surface area contributed by atoms with Gasteiger partial charge in [0.25, 0.3) is 11.8 Å². The van der Waals surface area contributed by atoms with Crippen molar-refractivity contribution < 1.29 is 9.59 Å². The van der Waals surface area contributed by atoms with Gasteiger partial charge in [-0.1, -0.05) is 23.5 Å². The molecule has 0 saturated heterocycles. The van der Waals surface area contributed by atoms with Crippen LogP contribution in [-0.4, -0.2) is 16.8 Å². The van der Waals surface area contributed by atoms with Gasteiger partial charge in [0.2, 0.25) is 0 Å². The first-order valence-corrected chi connectivity index (χ1v) is 7.15. The molecule has 4 rings (SSSR count). The molecule has 0 atom stereocenters. The van der Waals surface area contributed by atoms with E-state index in [1.807, 2.05) is 24.3 Å². The molecule has 6 heteroatoms. The Kier molecular flexibility index (Phi) is 2.52. The van der Waals surface area contributed by atoms with Gasteiger partial charge in [0.15, 0.2) is 5.13 Å². The van der Waals surface area contributed by atoms with Gasteiger partial charge >= 0.3 is 0 Å². The van der Waals surface area contributed by atoms with Crippen LogP contribution >= 0.6 is 11.3 Å². The molecule has 102 valence electrons. The van der Waals surface area contributed by atoms with E-state index >= 15 is 0 Å². The molecule has 0 saturated carbocycles. The van der Waals surface area contributed by atoms with Crippen LogP contribution in [0.4, 0.5) is 10.8 Å². The molecule has 2 amide bonds. The van der Waals surface area contributed by atoms with E-state index in [-0.39, 0.29) is 11.8 Å². The summed E-state index contributed by atoms with van der Waals surface area (Å²) in [5.74, 6) is -0.704. The number of imide groups is 1. The second kappa shape index (κ2) is 4.39. The number of aromatic nitrogens is 1. The highest BCUT2D eigenvalue weighted by Crippen LogP contribution is 2.29. The van der Waals surface area contributed by atoms with Crippen LogP contribution in [0.2, 0.25) is 0 Å². The molecule has 0 fully saturated rings. The number of fused-ring (bicyclic) bond motifs is 2. The molecule has 0 bridgehead atoms. The van der Waals surface area contributed by atoms with Crippen LogP contribution in [0.1, 0.15) is 20.7 Å². The van der Waals surface area contributed by atoms with Crippen LogP contribution in [0.15, 0.2) is 42.5 Å². The summed E-state index contributed by atoms with van der Waals surface area (Å²) in [5, 5.41) is 6.20. The standard InChI is InChI=1S/C15H9N3O2S/c19-13-9-6-5-8(7-10(9)14(20)18-13)16-15-17-11-3-1-2-4-12(11)21-15/h1-7H,(H,16,17)(H,18,19,20). The second-order valence-electron chi connectivity index (χ2n) is 4.66. The number of anilines is 2. The average molecular weight is 295 g/mol. The monoisotopic (exact) mass is 295 g/mol. The molecule has 2 aromatic carbocycles. The molecule has 21 heavy (non-hydrogen) atoms. The van der Waals surface area contributed by atoms with Crippen molar-refractivity contribution in [2.24, 2.45) is 0 Å². The van der Waals surface area contributed by atoms with E-state index in [4.69, 9.17) is 0 Å². The predicted octanol–water partition coefficient (Wildman–Crippen LogP) is 2.92. The SMILES string of the molecule is O=C1NC(=O)c2cc(Nc3nc4ccccc4s3)ccc21. The highest BCUT2D eigenvalue weighted by Gasteiger charge is 2.26. The Morgan fingerprint density at radius 2 is 1.81 bits per heavy atom. The van der Waals surface area contributed by atoms with Crippen molar-refractivity contribution in [3.05, 3.63) is 53.6 Å². The number of carbonyl (C=O) groups excluding carboxylic acids is 2. The van der Waals surface area contributed by atoms with E-state index in [2.05, 4.69) is 15.6 Å². The van der Waals surface area contributed by atoms with E-state index in [0.29, 0.717) is 11.1 Å². The number of hydrogen-bond donors (Lipinski definition) is 2. The van der Waals surface area contributed by atoms with E-state index in [0.717, 1.165) is 21.0 Å². The number of nitrogens with one attached hydrogen (secondary N) is 2. The third-order valence-corrected chi connectivity index (χ3v) is 4.23. The zero-order valence-electron chi connectivity index (χ0n) is 10.7. The summed E-state index contributed by atoms with van der Waals surface area (Å²) in [5.41, 5.74) is 2.47. The molecular weight excluding hydrogens is 286 g/mol. The number of rotatable bonds is 2. The maximum Gasteiger partial charge on any atom is 0.259 e. The number of para-hydroxylation sites is 1. The smallest absolute Gasteiger partial charge is 0.259 e. The number of hydrogen-bond acceptors (Lipinski definition) is 5. The molecule has 0 radical (unpaired) electrons. The normalized spacial score (nSPS) is 13.3. The minimum Gasteiger partial charge on any atom is -0.331 e. The van der Waals surface area contributed by atoms with Gasteiger partial charge in [0.1, 0.15) is 0 Å². The first-order chi connectivity index (χ1) is 10.2. The molecule has 2 N–H and O–H groups in total. The lowest BCUT2D eigenvalue weighted by Crippen LogP contribution is -2.19. The molecule has 1 aromatic heterocycles. The highest BCUT2D eigenvalue weighted by molar-refractivity contribution is 7.22. The molecule has 5 nitrogen and oxygen atoms in total. The predicted molar refractivity (Wildman–Crippen MR) is 81.1 cm³/mol. The zero-order chi connectivity index (χ0) is 14.4. The lowest BCUT2D eigenvalue weighted by Gasteiger charge is -2.03. The Labute approximate surface area is 123 Å². The van der Waals surface area contributed by atoms with E-state index < -0.39 is 0 Å². The van der Waals surface area contributed by atoms with Crippen LogP contribution in [-0.2, 0) is 0 Å². The number of thiazole rings is 1. The van der Waals surface area contributed by atoms with E-state index in [9.17, 15) is 9.59 Å². The summed E-state index contributed by atoms with van der Waals surface area (Å²) < 4.78 is 1.09. The fourth-order valence-corrected chi connectivity index (χ4v) is 3.18. The number of carbonyl (C=O) groups is 2. The van der Waals surface area contributed by atoms with Gasteiger partial charge < -0.3 is 5.32 Å². The molecular formula is C15H9N3O2S. The zero-order valence-corrected chi connectivity index (χ0v) is 11.5. The maximum atomic E-state index is 11.6. The third kappa shape index (κ3) is 1.96. The van der Waals surface area contributed by atoms with Crippen molar-refractivity contribution in [1.29, 1.82) is 0 Å². The van der Waals surface area contributed by atoms with Gasteiger partial charge in [0, 0.05) is 5.69 Å². The molecule has 1 aliphatic heterocycles. The molecule has 1 aliphatic rings. The van der Waals surface area contributed by atoms with E-state index in [1.165, 1.54) is 11.3 Å². The number of amides is 2. The van der Waals surface area contributed by atoms with Crippen LogP contribution in [0.5, 0.6) is 0 Å². The summed E-state index contributed by atoms with van der Waals surface area (Å²) in [7, 11) is 0. The van der Waals surface area contributed by atoms with Gasteiger partial charge in [-0.25, -0.2) is 4.98 Å². The van der Waals surface area contributed by atoms with E-state index in [1.54, 1.807) is 18.2 Å². The van der Waals surface area contributed by atoms with Gasteiger partial charge in [-0.3, -0.25) is 14.9 Å². The van der Waals surface area contributed by atoms with Crippen molar-refractivity contribution in [2.75, 3.05) is 5.32 Å². The summed E-state index contributed by atoms with van der Waals surface area (Å²) in [4.78, 5) is 27.6. The van der Waals surface area contributed by atoms with Crippen molar-refractivity contribution in [1.82, 2.24) is 10.3 Å². The molecule has 0 unspecified atom stereocenters. The van der Waals surface area contributed by atoms with Gasteiger partial charge in [-0.15, -0.1) is 0 Å². The Balaban J connectivity index is 1.70. The van der Waals surface area contributed by atoms with Crippen LogP contribution in [0.25, 0.3) is 10.2 Å². The highest BCUT2D eigenvalue weighted by atomic mass is 32.1. The minimum atomic E-state index is -0.358. The van der Waals surface area contributed by atoms with Crippen molar-refractivity contribution in [3.63, 3.8) is 0 Å². The minimum absolute atomic E-state index is 0.346. The van der Waals surface area contributed by atoms with Crippen LogP contribution in [0.3, 0.4) is 0 Å². The fourth-order valence-electron chi connectivity index (χ4n) is 2.29. The van der Waals surface area contributed by atoms with Crippen molar-refractivity contribution in [3.8, 4) is 0 Å². The molecule has 0 spiro atoms. The second-order valence-corrected chi connectivity index (χ2v) is 5.69. The molecule has 2 heterocycles. The van der Waals surface area contributed by atoms with Gasteiger partial charge in [0.05, 0.1) is 21.3 Å². The quantitative estimate of drug-likeness (QED) is 0.713.